The number of fused-ring (bicyclic) bond motifs is 1. The lowest BCUT2D eigenvalue weighted by Crippen LogP contribution is -2.31. The lowest BCUT2D eigenvalue weighted by Gasteiger charge is -2.10. The van der Waals surface area contributed by atoms with E-state index in [9.17, 15) is 9.59 Å². The molecule has 0 aliphatic heterocycles. The first kappa shape index (κ1) is 15.5. The van der Waals surface area contributed by atoms with Crippen LogP contribution in [0.3, 0.4) is 0 Å². The molecule has 1 aromatic heterocycles. The highest BCUT2D eigenvalue weighted by Crippen LogP contribution is 2.29. The summed E-state index contributed by atoms with van der Waals surface area (Å²) in [5.41, 5.74) is 1.58. The number of anilines is 1. The normalized spacial score (nSPS) is 12.1. The first-order chi connectivity index (χ1) is 9.99. The molecule has 0 aliphatic rings. The molecule has 2 amide bonds. The third kappa shape index (κ3) is 3.79. The van der Waals surface area contributed by atoms with E-state index in [2.05, 4.69) is 19.4 Å². The Bertz CT molecular complexity index is 676. The Labute approximate surface area is 129 Å². The van der Waals surface area contributed by atoms with Gasteiger partial charge in [-0.2, -0.15) is 8.75 Å². The monoisotopic (exact) mass is 328 g/mol. The molecule has 7 nitrogen and oxygen atoms in total. The summed E-state index contributed by atoms with van der Waals surface area (Å²) in [6.45, 7) is 1.84. The molecule has 0 saturated carbocycles. The molecule has 0 radical (unpaired) electrons. The summed E-state index contributed by atoms with van der Waals surface area (Å²) in [4.78, 5) is 22.5. The van der Waals surface area contributed by atoms with Crippen LogP contribution in [0.5, 0.6) is 0 Å². The summed E-state index contributed by atoms with van der Waals surface area (Å²) >= 11 is 7.08. The van der Waals surface area contributed by atoms with Crippen molar-refractivity contribution in [1.82, 2.24) is 14.1 Å². The number of amides is 2. The third-order valence-electron chi connectivity index (χ3n) is 2.90. The fraction of sp³-hybridized carbons (Fsp3) is 0.333. The Morgan fingerprint density at radius 1 is 1.43 bits per heavy atom. The molecular weight excluding hydrogens is 316 g/mol. The highest BCUT2D eigenvalue weighted by molar-refractivity contribution is 7.00. The Kier molecular flexibility index (Phi) is 4.92. The number of carboxylic acids is 1. The average molecular weight is 329 g/mol. The van der Waals surface area contributed by atoms with Gasteiger partial charge >= 0.3 is 12.0 Å². The zero-order chi connectivity index (χ0) is 15.4. The van der Waals surface area contributed by atoms with E-state index in [0.717, 1.165) is 11.7 Å². The van der Waals surface area contributed by atoms with Crippen molar-refractivity contribution in [3.63, 3.8) is 0 Å². The summed E-state index contributed by atoms with van der Waals surface area (Å²) < 4.78 is 8.16. The molecule has 9 heteroatoms. The fourth-order valence-corrected chi connectivity index (χ4v) is 2.37. The maximum Gasteiger partial charge on any atom is 0.319 e. The number of aliphatic carboxylic acids is 1. The van der Waals surface area contributed by atoms with Crippen molar-refractivity contribution >= 4 is 52.1 Å². The zero-order valence-corrected chi connectivity index (χ0v) is 12.7. The number of nitrogens with one attached hydrogen (secondary N) is 2. The molecule has 0 saturated heterocycles. The summed E-state index contributed by atoms with van der Waals surface area (Å²) in [5.74, 6) is -1.40. The topological polar surface area (TPSA) is 104 Å². The second-order valence-electron chi connectivity index (χ2n) is 4.46. The van der Waals surface area contributed by atoms with Crippen molar-refractivity contribution in [1.29, 1.82) is 0 Å². The molecule has 2 aromatic rings. The molecule has 0 aliphatic carbocycles. The first-order valence-electron chi connectivity index (χ1n) is 6.17. The molecular formula is C12H13ClN4O3S. The molecule has 3 N–H and O–H groups in total. The van der Waals surface area contributed by atoms with Gasteiger partial charge in [-0.05, 0) is 18.6 Å². The SMILES string of the molecule is CC(CCNC(=O)Nc1c(Cl)ccc2nsnc12)C(=O)O. The van der Waals surface area contributed by atoms with Crippen molar-refractivity contribution in [2.45, 2.75) is 13.3 Å². The highest BCUT2D eigenvalue weighted by atomic mass is 35.5. The number of urea groups is 1. The second kappa shape index (κ2) is 6.68. The van der Waals surface area contributed by atoms with E-state index in [4.69, 9.17) is 16.7 Å². The summed E-state index contributed by atoms with van der Waals surface area (Å²) in [7, 11) is 0. The summed E-state index contributed by atoms with van der Waals surface area (Å²) in [6, 6.07) is 2.89. The van der Waals surface area contributed by atoms with Crippen molar-refractivity contribution in [3.05, 3.63) is 17.2 Å². The lowest BCUT2D eigenvalue weighted by atomic mass is 10.1. The van der Waals surface area contributed by atoms with Crippen molar-refractivity contribution < 1.29 is 14.7 Å². The van der Waals surface area contributed by atoms with Gasteiger partial charge in [-0.15, -0.1) is 0 Å². The average Bonchev–Trinajstić information content (AvgIpc) is 2.90. The number of hydrogen-bond donors (Lipinski definition) is 3. The molecule has 1 aromatic carbocycles. The summed E-state index contributed by atoms with van der Waals surface area (Å²) in [5, 5.41) is 14.3. The fourth-order valence-electron chi connectivity index (χ4n) is 1.63. The number of halogens is 1. The van der Waals surface area contributed by atoms with Gasteiger partial charge in [0, 0.05) is 6.54 Å². The van der Waals surface area contributed by atoms with Crippen LogP contribution >= 0.6 is 23.3 Å². The smallest absolute Gasteiger partial charge is 0.319 e. The van der Waals surface area contributed by atoms with Crippen LogP contribution in [0.1, 0.15) is 13.3 Å². The minimum atomic E-state index is -0.890. The van der Waals surface area contributed by atoms with Crippen LogP contribution in [-0.4, -0.2) is 32.4 Å². The standard InChI is InChI=1S/C12H13ClN4O3S/c1-6(11(18)19)4-5-14-12(20)15-9-7(13)2-3-8-10(9)17-21-16-8/h2-3,6H,4-5H2,1H3,(H,18,19)(H2,14,15,20). The van der Waals surface area contributed by atoms with Gasteiger partial charge in [0.15, 0.2) is 0 Å². The minimum Gasteiger partial charge on any atom is -0.481 e. The Morgan fingerprint density at radius 2 is 2.19 bits per heavy atom. The molecule has 1 atom stereocenters. The molecule has 0 fully saturated rings. The number of aromatic nitrogens is 2. The molecule has 1 unspecified atom stereocenters. The van der Waals surface area contributed by atoms with Gasteiger partial charge in [0.25, 0.3) is 0 Å². The zero-order valence-electron chi connectivity index (χ0n) is 11.1. The second-order valence-corrected chi connectivity index (χ2v) is 5.40. The Morgan fingerprint density at radius 3 is 2.90 bits per heavy atom. The Balaban J connectivity index is 1.97. The van der Waals surface area contributed by atoms with Gasteiger partial charge in [0.1, 0.15) is 11.0 Å². The van der Waals surface area contributed by atoms with Crippen LogP contribution in [0.25, 0.3) is 11.0 Å². The van der Waals surface area contributed by atoms with Crippen molar-refractivity contribution in [2.24, 2.45) is 5.92 Å². The maximum atomic E-state index is 11.8. The van der Waals surface area contributed by atoms with E-state index in [0.29, 0.717) is 28.2 Å². The number of carboxylic acid groups (broad SMARTS) is 1. The molecule has 0 spiro atoms. The van der Waals surface area contributed by atoms with Gasteiger partial charge in [0.05, 0.1) is 28.4 Å². The number of benzene rings is 1. The molecule has 0 bridgehead atoms. The predicted octanol–water partition coefficient (Wildman–Crippen LogP) is 2.58. The van der Waals surface area contributed by atoms with Crippen LogP contribution in [0.4, 0.5) is 10.5 Å². The summed E-state index contributed by atoms with van der Waals surface area (Å²) in [6.07, 6.45) is 0.346. The number of carbonyl (C=O) groups is 2. The third-order valence-corrected chi connectivity index (χ3v) is 3.76. The largest absolute Gasteiger partial charge is 0.481 e. The number of nitrogens with zero attached hydrogens (tertiary/aromatic N) is 2. The molecule has 21 heavy (non-hydrogen) atoms. The molecule has 1 heterocycles. The van der Waals surface area contributed by atoms with Gasteiger partial charge in [-0.1, -0.05) is 18.5 Å². The molecule has 112 valence electrons. The van der Waals surface area contributed by atoms with E-state index in [1.165, 1.54) is 0 Å². The number of carbonyl (C=O) groups excluding carboxylic acids is 1. The van der Waals surface area contributed by atoms with Gasteiger partial charge < -0.3 is 15.7 Å². The lowest BCUT2D eigenvalue weighted by molar-refractivity contribution is -0.141. The van der Waals surface area contributed by atoms with Crippen molar-refractivity contribution in [3.8, 4) is 0 Å². The predicted molar refractivity (Wildman–Crippen MR) is 80.9 cm³/mol. The first-order valence-corrected chi connectivity index (χ1v) is 7.28. The van der Waals surface area contributed by atoms with Crippen LogP contribution in [0, 0.1) is 5.92 Å². The van der Waals surface area contributed by atoms with Gasteiger partial charge in [-0.25, -0.2) is 4.79 Å². The number of hydrogen-bond acceptors (Lipinski definition) is 5. The highest BCUT2D eigenvalue weighted by Gasteiger charge is 2.14. The van der Waals surface area contributed by atoms with Crippen LogP contribution in [0.15, 0.2) is 12.1 Å². The van der Waals surface area contributed by atoms with E-state index >= 15 is 0 Å². The molecule has 2 rings (SSSR count). The minimum absolute atomic E-state index is 0.252. The van der Waals surface area contributed by atoms with Gasteiger partial charge in [0.2, 0.25) is 0 Å². The van der Waals surface area contributed by atoms with E-state index < -0.39 is 17.9 Å². The van der Waals surface area contributed by atoms with Crippen LogP contribution in [0.2, 0.25) is 5.02 Å². The van der Waals surface area contributed by atoms with E-state index in [-0.39, 0.29) is 6.54 Å². The van der Waals surface area contributed by atoms with Crippen molar-refractivity contribution in [2.75, 3.05) is 11.9 Å². The Hall–Kier alpha value is -1.93. The quantitative estimate of drug-likeness (QED) is 0.782. The van der Waals surface area contributed by atoms with Gasteiger partial charge in [-0.3, -0.25) is 4.79 Å². The van der Waals surface area contributed by atoms with Crippen LogP contribution in [-0.2, 0) is 4.79 Å². The number of rotatable bonds is 5. The van der Waals surface area contributed by atoms with Crippen LogP contribution < -0.4 is 10.6 Å². The van der Waals surface area contributed by atoms with E-state index in [1.807, 2.05) is 0 Å². The maximum absolute atomic E-state index is 11.8. The van der Waals surface area contributed by atoms with E-state index in [1.54, 1.807) is 19.1 Å².